The lowest BCUT2D eigenvalue weighted by molar-refractivity contribution is 0.0793. The third kappa shape index (κ3) is 5.89. The summed E-state index contributed by atoms with van der Waals surface area (Å²) in [5.74, 6) is -0.510. The van der Waals surface area contributed by atoms with E-state index in [4.69, 9.17) is 0 Å². The van der Waals surface area contributed by atoms with Crippen molar-refractivity contribution in [3.05, 3.63) is 84.3 Å². The number of hydrogen-bond donors (Lipinski definition) is 2. The van der Waals surface area contributed by atoms with Crippen LogP contribution in [0.4, 0.5) is 4.39 Å². The van der Waals surface area contributed by atoms with Crippen molar-refractivity contribution < 1.29 is 17.6 Å². The topological polar surface area (TPSA) is 95.2 Å². The number of benzene rings is 2. The number of halogens is 1. The first-order valence-electron chi connectivity index (χ1n) is 10.1. The Morgan fingerprint density at radius 3 is 2.66 bits per heavy atom. The Balaban J connectivity index is 1.53. The molecule has 0 fully saturated rings. The molecule has 0 radical (unpaired) electrons. The second-order valence-corrected chi connectivity index (χ2v) is 9.05. The molecule has 2 aromatic carbocycles. The maximum absolute atomic E-state index is 13.4. The summed E-state index contributed by atoms with van der Waals surface area (Å²) in [5.41, 5.74) is 2.67. The summed E-state index contributed by atoms with van der Waals surface area (Å²) in [5, 5.41) is 7.17. The molecule has 0 aliphatic heterocycles. The van der Waals surface area contributed by atoms with Gasteiger partial charge in [0, 0.05) is 37.0 Å². The predicted molar refractivity (Wildman–Crippen MR) is 121 cm³/mol. The first-order chi connectivity index (χ1) is 15.3. The largest absolute Gasteiger partial charge is 0.342 e. The Morgan fingerprint density at radius 1 is 1.22 bits per heavy atom. The van der Waals surface area contributed by atoms with E-state index >= 15 is 0 Å². The summed E-state index contributed by atoms with van der Waals surface area (Å²) in [6, 6.07) is 13.9. The molecule has 1 amide bonds. The monoisotopic (exact) mass is 456 g/mol. The summed E-state index contributed by atoms with van der Waals surface area (Å²) in [4.78, 5) is 14.3. The molecule has 1 heterocycles. The van der Waals surface area contributed by atoms with E-state index in [1.807, 2.05) is 6.07 Å². The average Bonchev–Trinajstić information content (AvgIpc) is 3.26. The Labute approximate surface area is 187 Å². The van der Waals surface area contributed by atoms with E-state index < -0.39 is 10.0 Å². The number of amides is 1. The third-order valence-corrected chi connectivity index (χ3v) is 6.31. The number of carbonyl (C=O) groups is 1. The summed E-state index contributed by atoms with van der Waals surface area (Å²) < 4.78 is 40.0. The molecule has 0 aliphatic carbocycles. The summed E-state index contributed by atoms with van der Waals surface area (Å²) in [6.45, 7) is 4.12. The van der Waals surface area contributed by atoms with Gasteiger partial charge in [0.1, 0.15) is 5.82 Å². The van der Waals surface area contributed by atoms with Crippen LogP contribution in [0.1, 0.15) is 22.5 Å². The molecule has 0 saturated heterocycles. The van der Waals surface area contributed by atoms with Gasteiger partial charge in [-0.3, -0.25) is 9.89 Å². The molecule has 2 N–H and O–H groups in total. The summed E-state index contributed by atoms with van der Waals surface area (Å²) in [6.07, 6.45) is 2.83. The van der Waals surface area contributed by atoms with E-state index in [0.717, 1.165) is 5.69 Å². The molecule has 0 atom stereocenters. The van der Waals surface area contributed by atoms with Crippen LogP contribution >= 0.6 is 0 Å². The smallest absolute Gasteiger partial charge is 0.253 e. The van der Waals surface area contributed by atoms with Gasteiger partial charge in [-0.15, -0.1) is 6.58 Å². The average molecular weight is 457 g/mol. The number of hydrogen-bond acceptors (Lipinski definition) is 4. The van der Waals surface area contributed by atoms with E-state index in [9.17, 15) is 17.6 Å². The Morgan fingerprint density at radius 2 is 1.97 bits per heavy atom. The fourth-order valence-corrected chi connectivity index (χ4v) is 4.14. The highest BCUT2D eigenvalue weighted by Crippen LogP contribution is 2.19. The van der Waals surface area contributed by atoms with E-state index in [0.29, 0.717) is 36.2 Å². The first kappa shape index (κ1) is 23.4. The zero-order chi connectivity index (χ0) is 23.1. The number of nitrogens with zero attached hydrogens (tertiary/aromatic N) is 2. The third-order valence-electron chi connectivity index (χ3n) is 4.87. The molecule has 0 bridgehead atoms. The second-order valence-electron chi connectivity index (χ2n) is 7.28. The lowest BCUT2D eigenvalue weighted by Gasteiger charge is -2.17. The van der Waals surface area contributed by atoms with E-state index in [1.54, 1.807) is 24.1 Å². The van der Waals surface area contributed by atoms with Gasteiger partial charge in [-0.05, 0) is 55.3 Å². The van der Waals surface area contributed by atoms with Crippen LogP contribution in [0.2, 0.25) is 0 Å². The number of aryl methyl sites for hydroxylation is 1. The van der Waals surface area contributed by atoms with Gasteiger partial charge in [0.2, 0.25) is 10.0 Å². The number of aromatic nitrogens is 2. The SMILES string of the molecule is C=CCNS(=O)(=O)c1ccc(C(=O)N(C)CCCc2cc(-c3cccc(F)c3)n[nH]2)cc1. The highest BCUT2D eigenvalue weighted by atomic mass is 32.2. The number of nitrogens with one attached hydrogen (secondary N) is 2. The highest BCUT2D eigenvalue weighted by molar-refractivity contribution is 7.89. The second kappa shape index (κ2) is 10.3. The van der Waals surface area contributed by atoms with E-state index in [-0.39, 0.29) is 23.2 Å². The van der Waals surface area contributed by atoms with Crippen LogP contribution in [0, 0.1) is 5.82 Å². The highest BCUT2D eigenvalue weighted by Gasteiger charge is 2.16. The lowest BCUT2D eigenvalue weighted by atomic mass is 10.1. The number of rotatable bonds is 10. The molecule has 0 unspecified atom stereocenters. The van der Waals surface area contributed by atoms with Crippen molar-refractivity contribution in [3.63, 3.8) is 0 Å². The predicted octanol–water partition coefficient (Wildman–Crippen LogP) is 3.38. The Bertz CT molecular complexity index is 1190. The minimum atomic E-state index is -3.63. The molecular weight excluding hydrogens is 431 g/mol. The molecule has 0 spiro atoms. The molecule has 168 valence electrons. The molecule has 32 heavy (non-hydrogen) atoms. The van der Waals surface area contributed by atoms with Gasteiger partial charge in [0.15, 0.2) is 0 Å². The first-order valence-corrected chi connectivity index (χ1v) is 11.5. The minimum absolute atomic E-state index is 0.0897. The van der Waals surface area contributed by atoms with E-state index in [2.05, 4.69) is 21.5 Å². The van der Waals surface area contributed by atoms with Gasteiger partial charge in [0.25, 0.3) is 5.91 Å². The van der Waals surface area contributed by atoms with Crippen LogP contribution in [0.3, 0.4) is 0 Å². The fourth-order valence-electron chi connectivity index (χ4n) is 3.14. The normalized spacial score (nSPS) is 11.3. The van der Waals surface area contributed by atoms with Crippen LogP contribution in [0.25, 0.3) is 11.3 Å². The number of sulfonamides is 1. The molecule has 0 aliphatic rings. The number of H-pyrrole nitrogens is 1. The van der Waals surface area contributed by atoms with Crippen LogP contribution in [-0.2, 0) is 16.4 Å². The molecule has 7 nitrogen and oxygen atoms in total. The molecule has 9 heteroatoms. The maximum Gasteiger partial charge on any atom is 0.253 e. The molecule has 0 saturated carbocycles. The van der Waals surface area contributed by atoms with Crippen molar-refractivity contribution in [3.8, 4) is 11.3 Å². The van der Waals surface area contributed by atoms with Gasteiger partial charge in [0.05, 0.1) is 10.6 Å². The fraction of sp³-hybridized carbons (Fsp3) is 0.217. The van der Waals surface area contributed by atoms with Crippen molar-refractivity contribution >= 4 is 15.9 Å². The molecule has 3 aromatic rings. The van der Waals surface area contributed by atoms with Crippen molar-refractivity contribution in [2.75, 3.05) is 20.1 Å². The van der Waals surface area contributed by atoms with Crippen molar-refractivity contribution in [2.24, 2.45) is 0 Å². The van der Waals surface area contributed by atoms with Gasteiger partial charge in [-0.1, -0.05) is 18.2 Å². The van der Waals surface area contributed by atoms with Crippen molar-refractivity contribution in [2.45, 2.75) is 17.7 Å². The van der Waals surface area contributed by atoms with Crippen molar-refractivity contribution in [1.29, 1.82) is 0 Å². The van der Waals surface area contributed by atoms with Crippen LogP contribution in [0.5, 0.6) is 0 Å². The van der Waals surface area contributed by atoms with Crippen molar-refractivity contribution in [1.82, 2.24) is 19.8 Å². The number of carbonyl (C=O) groups excluding carboxylic acids is 1. The lowest BCUT2D eigenvalue weighted by Crippen LogP contribution is -2.28. The molecular formula is C23H25FN4O3S. The molecule has 1 aromatic heterocycles. The minimum Gasteiger partial charge on any atom is -0.342 e. The van der Waals surface area contributed by atoms with E-state index in [1.165, 1.54) is 42.5 Å². The quantitative estimate of drug-likeness (QED) is 0.457. The van der Waals surface area contributed by atoms with Gasteiger partial charge < -0.3 is 4.90 Å². The maximum atomic E-state index is 13.4. The zero-order valence-electron chi connectivity index (χ0n) is 17.7. The van der Waals surface area contributed by atoms with Gasteiger partial charge in [-0.2, -0.15) is 5.10 Å². The number of aromatic amines is 1. The van der Waals surface area contributed by atoms with Crippen LogP contribution in [-0.4, -0.2) is 49.6 Å². The zero-order valence-corrected chi connectivity index (χ0v) is 18.5. The van der Waals surface area contributed by atoms with Crippen LogP contribution in [0.15, 0.2) is 72.1 Å². The van der Waals surface area contributed by atoms with Crippen LogP contribution < -0.4 is 4.72 Å². The van der Waals surface area contributed by atoms with Gasteiger partial charge in [-0.25, -0.2) is 17.5 Å². The molecule has 3 rings (SSSR count). The standard InChI is InChI=1S/C23H25FN4O3S/c1-3-13-25-32(30,31)21-11-9-17(10-12-21)23(29)28(2)14-5-8-20-16-22(27-26-20)18-6-4-7-19(24)15-18/h3-4,6-7,9-12,15-16,25H,1,5,8,13-14H2,2H3,(H,26,27). The summed E-state index contributed by atoms with van der Waals surface area (Å²) >= 11 is 0. The van der Waals surface area contributed by atoms with Gasteiger partial charge >= 0.3 is 0 Å². The Hall–Kier alpha value is -3.30. The Kier molecular flexibility index (Phi) is 7.55. The summed E-state index contributed by atoms with van der Waals surface area (Å²) in [7, 11) is -1.93.